The summed E-state index contributed by atoms with van der Waals surface area (Å²) in [6.07, 6.45) is 3.95. The van der Waals surface area contributed by atoms with Gasteiger partial charge in [0.05, 0.1) is 11.1 Å². The molecule has 1 aliphatic heterocycles. The quantitative estimate of drug-likeness (QED) is 0.913. The lowest BCUT2D eigenvalue weighted by molar-refractivity contribution is 0.102. The Labute approximate surface area is 132 Å². The standard InChI is InChI=1S/C15H16ClFN4O/c16-12-8-10(3-4-13(12)17)19-15(22)14-5-7-21(20-14)11-2-1-6-18-9-11/h3-5,7-8,11,18H,1-2,6,9H2,(H,19,22). The fraction of sp³-hybridized carbons (Fsp3) is 0.333. The van der Waals surface area contributed by atoms with Gasteiger partial charge >= 0.3 is 0 Å². The number of benzene rings is 1. The molecular weight excluding hydrogens is 307 g/mol. The summed E-state index contributed by atoms with van der Waals surface area (Å²) in [5.41, 5.74) is 0.760. The van der Waals surface area contributed by atoms with Gasteiger partial charge in [-0.25, -0.2) is 4.39 Å². The van der Waals surface area contributed by atoms with Crippen LogP contribution in [0.1, 0.15) is 29.4 Å². The number of nitrogens with one attached hydrogen (secondary N) is 2. The highest BCUT2D eigenvalue weighted by Crippen LogP contribution is 2.20. The Morgan fingerprint density at radius 3 is 3.05 bits per heavy atom. The van der Waals surface area contributed by atoms with Gasteiger partial charge in [0.2, 0.25) is 0 Å². The molecule has 116 valence electrons. The molecule has 1 amide bonds. The third-order valence-electron chi connectivity index (χ3n) is 3.66. The van der Waals surface area contributed by atoms with Crippen molar-refractivity contribution in [1.29, 1.82) is 0 Å². The molecule has 1 fully saturated rings. The van der Waals surface area contributed by atoms with Gasteiger partial charge in [-0.3, -0.25) is 9.48 Å². The SMILES string of the molecule is O=C(Nc1ccc(F)c(Cl)c1)c1ccn(C2CCCNC2)n1. The molecule has 0 radical (unpaired) electrons. The lowest BCUT2D eigenvalue weighted by atomic mass is 10.1. The Hall–Kier alpha value is -1.92. The van der Waals surface area contributed by atoms with Crippen molar-refractivity contribution in [2.24, 2.45) is 0 Å². The number of anilines is 1. The van der Waals surface area contributed by atoms with E-state index in [1.807, 2.05) is 10.9 Å². The van der Waals surface area contributed by atoms with Crippen molar-refractivity contribution in [3.8, 4) is 0 Å². The average Bonchev–Trinajstić information content (AvgIpc) is 3.02. The van der Waals surface area contributed by atoms with Gasteiger partial charge in [0.1, 0.15) is 5.82 Å². The first-order valence-electron chi connectivity index (χ1n) is 7.16. The lowest BCUT2D eigenvalue weighted by Gasteiger charge is -2.22. The van der Waals surface area contributed by atoms with E-state index in [0.29, 0.717) is 11.4 Å². The topological polar surface area (TPSA) is 59.0 Å². The summed E-state index contributed by atoms with van der Waals surface area (Å²) >= 11 is 5.70. The highest BCUT2D eigenvalue weighted by atomic mass is 35.5. The van der Waals surface area contributed by atoms with E-state index >= 15 is 0 Å². The zero-order chi connectivity index (χ0) is 15.5. The van der Waals surface area contributed by atoms with Gasteiger partial charge in [0.25, 0.3) is 5.91 Å². The highest BCUT2D eigenvalue weighted by Gasteiger charge is 2.17. The van der Waals surface area contributed by atoms with Crippen LogP contribution in [0.25, 0.3) is 0 Å². The van der Waals surface area contributed by atoms with E-state index in [-0.39, 0.29) is 17.0 Å². The predicted octanol–water partition coefficient (Wildman–Crippen LogP) is 2.85. The van der Waals surface area contributed by atoms with Gasteiger partial charge in [0, 0.05) is 18.4 Å². The maximum absolute atomic E-state index is 13.1. The van der Waals surface area contributed by atoms with Crippen LogP contribution in [0.2, 0.25) is 5.02 Å². The number of amides is 1. The summed E-state index contributed by atoms with van der Waals surface area (Å²) in [5.74, 6) is -0.862. The number of nitrogens with zero attached hydrogens (tertiary/aromatic N) is 2. The number of rotatable bonds is 3. The minimum atomic E-state index is -0.520. The van der Waals surface area contributed by atoms with Crippen molar-refractivity contribution in [3.05, 3.63) is 47.0 Å². The molecule has 0 aliphatic carbocycles. The Morgan fingerprint density at radius 2 is 2.32 bits per heavy atom. The van der Waals surface area contributed by atoms with Crippen LogP contribution >= 0.6 is 11.6 Å². The van der Waals surface area contributed by atoms with Crippen LogP contribution in [0.5, 0.6) is 0 Å². The van der Waals surface area contributed by atoms with Crippen molar-refractivity contribution in [2.45, 2.75) is 18.9 Å². The third-order valence-corrected chi connectivity index (χ3v) is 3.95. The number of hydrogen-bond acceptors (Lipinski definition) is 3. The van der Waals surface area contributed by atoms with Crippen LogP contribution in [0.4, 0.5) is 10.1 Å². The van der Waals surface area contributed by atoms with Gasteiger partial charge in [0.15, 0.2) is 5.69 Å². The Kier molecular flexibility index (Phi) is 4.40. The molecule has 1 aliphatic rings. The second kappa shape index (κ2) is 6.46. The Bertz CT molecular complexity index is 682. The number of halogens is 2. The van der Waals surface area contributed by atoms with Crippen LogP contribution in [0, 0.1) is 5.82 Å². The first-order chi connectivity index (χ1) is 10.6. The van der Waals surface area contributed by atoms with Crippen LogP contribution in [-0.2, 0) is 0 Å². The smallest absolute Gasteiger partial charge is 0.276 e. The Balaban J connectivity index is 1.69. The maximum atomic E-state index is 13.1. The molecule has 1 atom stereocenters. The van der Waals surface area contributed by atoms with Crippen LogP contribution in [0.3, 0.4) is 0 Å². The molecule has 0 saturated carbocycles. The minimum Gasteiger partial charge on any atom is -0.321 e. The molecule has 1 saturated heterocycles. The summed E-state index contributed by atoms with van der Waals surface area (Å²) in [4.78, 5) is 12.2. The number of piperidine rings is 1. The first-order valence-corrected chi connectivity index (χ1v) is 7.53. The molecule has 0 bridgehead atoms. The van der Waals surface area contributed by atoms with Crippen molar-refractivity contribution in [3.63, 3.8) is 0 Å². The summed E-state index contributed by atoms with van der Waals surface area (Å²) in [6, 6.07) is 5.99. The van der Waals surface area contributed by atoms with E-state index in [1.165, 1.54) is 18.2 Å². The van der Waals surface area contributed by atoms with Crippen LogP contribution in [-0.4, -0.2) is 28.8 Å². The number of carbonyl (C=O) groups is 1. The van der Waals surface area contributed by atoms with E-state index in [2.05, 4.69) is 15.7 Å². The van der Waals surface area contributed by atoms with Crippen LogP contribution < -0.4 is 10.6 Å². The summed E-state index contributed by atoms with van der Waals surface area (Å²) in [7, 11) is 0. The summed E-state index contributed by atoms with van der Waals surface area (Å²) < 4.78 is 14.9. The van der Waals surface area contributed by atoms with E-state index in [4.69, 9.17) is 11.6 Å². The van der Waals surface area contributed by atoms with Crippen molar-refractivity contribution in [2.75, 3.05) is 18.4 Å². The molecule has 2 heterocycles. The molecule has 2 N–H and O–H groups in total. The average molecular weight is 323 g/mol. The van der Waals surface area contributed by atoms with Crippen molar-refractivity contribution in [1.82, 2.24) is 15.1 Å². The third kappa shape index (κ3) is 3.28. The lowest BCUT2D eigenvalue weighted by Crippen LogP contribution is -2.32. The minimum absolute atomic E-state index is 0.0309. The van der Waals surface area contributed by atoms with Gasteiger partial charge in [-0.05, 0) is 43.7 Å². The van der Waals surface area contributed by atoms with Crippen molar-refractivity contribution < 1.29 is 9.18 Å². The predicted molar refractivity (Wildman–Crippen MR) is 82.7 cm³/mol. The summed E-state index contributed by atoms with van der Waals surface area (Å²) in [6.45, 7) is 1.88. The molecule has 1 aromatic heterocycles. The largest absolute Gasteiger partial charge is 0.321 e. The summed E-state index contributed by atoms with van der Waals surface area (Å²) in [5, 5.41) is 10.3. The van der Waals surface area contributed by atoms with E-state index in [1.54, 1.807) is 6.07 Å². The van der Waals surface area contributed by atoms with E-state index in [0.717, 1.165) is 25.9 Å². The highest BCUT2D eigenvalue weighted by molar-refractivity contribution is 6.31. The molecule has 5 nitrogen and oxygen atoms in total. The second-order valence-electron chi connectivity index (χ2n) is 5.26. The van der Waals surface area contributed by atoms with E-state index in [9.17, 15) is 9.18 Å². The monoisotopic (exact) mass is 322 g/mol. The fourth-order valence-electron chi connectivity index (χ4n) is 2.49. The van der Waals surface area contributed by atoms with Gasteiger partial charge in [-0.1, -0.05) is 11.6 Å². The molecule has 2 aromatic rings. The zero-order valence-corrected chi connectivity index (χ0v) is 12.6. The van der Waals surface area contributed by atoms with E-state index < -0.39 is 5.82 Å². The van der Waals surface area contributed by atoms with Gasteiger partial charge in [-0.15, -0.1) is 0 Å². The fourth-order valence-corrected chi connectivity index (χ4v) is 2.67. The molecule has 1 aromatic carbocycles. The molecule has 7 heteroatoms. The second-order valence-corrected chi connectivity index (χ2v) is 5.67. The zero-order valence-electron chi connectivity index (χ0n) is 11.9. The van der Waals surface area contributed by atoms with Crippen molar-refractivity contribution >= 4 is 23.2 Å². The first kappa shape index (κ1) is 15.0. The molecule has 0 spiro atoms. The number of carbonyl (C=O) groups excluding carboxylic acids is 1. The normalized spacial score (nSPS) is 18.2. The Morgan fingerprint density at radius 1 is 1.45 bits per heavy atom. The van der Waals surface area contributed by atoms with Gasteiger partial charge < -0.3 is 10.6 Å². The number of aromatic nitrogens is 2. The van der Waals surface area contributed by atoms with Crippen LogP contribution in [0.15, 0.2) is 30.5 Å². The molecule has 22 heavy (non-hydrogen) atoms. The maximum Gasteiger partial charge on any atom is 0.276 e. The number of hydrogen-bond donors (Lipinski definition) is 2. The molecule has 1 unspecified atom stereocenters. The molecular formula is C15H16ClFN4O. The van der Waals surface area contributed by atoms with Gasteiger partial charge in [-0.2, -0.15) is 5.10 Å². The molecule has 3 rings (SSSR count).